The highest BCUT2D eigenvalue weighted by Crippen LogP contribution is 2.55. The van der Waals surface area contributed by atoms with Crippen LogP contribution in [0.3, 0.4) is 0 Å². The normalized spacial score (nSPS) is 30.2. The van der Waals surface area contributed by atoms with E-state index in [0.717, 1.165) is 6.54 Å². The molecule has 3 heteroatoms. The summed E-state index contributed by atoms with van der Waals surface area (Å²) in [5.74, 6) is 0.585. The number of halogens is 2. The van der Waals surface area contributed by atoms with Gasteiger partial charge in [-0.3, -0.25) is 0 Å². The quantitative estimate of drug-likeness (QED) is 0.781. The van der Waals surface area contributed by atoms with Crippen LogP contribution in [0.4, 0.5) is 0 Å². The zero-order chi connectivity index (χ0) is 14.0. The lowest BCUT2D eigenvalue weighted by molar-refractivity contribution is 0.0445. The number of benzene rings is 1. The van der Waals surface area contributed by atoms with Crippen LogP contribution in [-0.2, 0) is 0 Å². The minimum Gasteiger partial charge on any atom is -0.313 e. The molecule has 1 N–H and O–H groups in total. The van der Waals surface area contributed by atoms with E-state index in [0.29, 0.717) is 27.4 Å². The Morgan fingerprint density at radius 2 is 2.00 bits per heavy atom. The van der Waals surface area contributed by atoms with E-state index < -0.39 is 0 Å². The van der Waals surface area contributed by atoms with Gasteiger partial charge < -0.3 is 5.32 Å². The van der Waals surface area contributed by atoms with E-state index >= 15 is 0 Å². The average Bonchev–Trinajstić information content (AvgIpc) is 2.40. The first-order valence-electron chi connectivity index (χ1n) is 7.21. The number of hydrogen-bond acceptors (Lipinski definition) is 1. The van der Waals surface area contributed by atoms with Crippen molar-refractivity contribution in [3.05, 3.63) is 33.8 Å². The fraction of sp³-hybridized carbons (Fsp3) is 0.625. The molecule has 1 fully saturated rings. The monoisotopic (exact) mass is 299 g/mol. The van der Waals surface area contributed by atoms with Crippen LogP contribution in [0.1, 0.15) is 51.5 Å². The van der Waals surface area contributed by atoms with E-state index in [1.807, 2.05) is 12.1 Å². The Morgan fingerprint density at radius 3 is 2.58 bits per heavy atom. The van der Waals surface area contributed by atoms with Crippen molar-refractivity contribution in [2.45, 2.75) is 52.0 Å². The van der Waals surface area contributed by atoms with Crippen molar-refractivity contribution in [2.24, 2.45) is 5.41 Å². The maximum Gasteiger partial charge on any atom is 0.0595 e. The van der Waals surface area contributed by atoms with Crippen LogP contribution in [-0.4, -0.2) is 12.6 Å². The molecule has 1 aliphatic rings. The van der Waals surface area contributed by atoms with Crippen molar-refractivity contribution in [3.63, 3.8) is 0 Å². The summed E-state index contributed by atoms with van der Waals surface area (Å²) in [7, 11) is 0. The highest BCUT2D eigenvalue weighted by molar-refractivity contribution is 6.42. The molecule has 3 atom stereocenters. The topological polar surface area (TPSA) is 12.0 Å². The molecular formula is C16H23Cl2N. The summed E-state index contributed by atoms with van der Waals surface area (Å²) < 4.78 is 0. The van der Waals surface area contributed by atoms with Crippen LogP contribution in [0.5, 0.6) is 0 Å². The van der Waals surface area contributed by atoms with Crippen LogP contribution in [0.2, 0.25) is 10.0 Å². The van der Waals surface area contributed by atoms with Gasteiger partial charge in [0.1, 0.15) is 0 Å². The molecule has 0 spiro atoms. The lowest BCUT2D eigenvalue weighted by Gasteiger charge is -2.55. The van der Waals surface area contributed by atoms with E-state index in [4.69, 9.17) is 23.2 Å². The smallest absolute Gasteiger partial charge is 0.0595 e. The van der Waals surface area contributed by atoms with Crippen LogP contribution in [0, 0.1) is 5.41 Å². The van der Waals surface area contributed by atoms with Crippen LogP contribution in [0.15, 0.2) is 18.2 Å². The lowest BCUT2D eigenvalue weighted by atomic mass is 9.54. The largest absolute Gasteiger partial charge is 0.313 e. The molecule has 0 bridgehead atoms. The zero-order valence-electron chi connectivity index (χ0n) is 12.0. The first-order chi connectivity index (χ1) is 9.02. The molecule has 1 saturated carbocycles. The Bertz CT molecular complexity index is 446. The molecule has 0 heterocycles. The van der Waals surface area contributed by atoms with E-state index in [1.54, 1.807) is 0 Å². The van der Waals surface area contributed by atoms with Crippen molar-refractivity contribution < 1.29 is 0 Å². The van der Waals surface area contributed by atoms with Crippen molar-refractivity contribution in [2.75, 3.05) is 6.54 Å². The molecule has 19 heavy (non-hydrogen) atoms. The van der Waals surface area contributed by atoms with Crippen molar-refractivity contribution in [1.29, 1.82) is 0 Å². The minimum atomic E-state index is 0.326. The molecule has 3 unspecified atom stereocenters. The highest BCUT2D eigenvalue weighted by atomic mass is 35.5. The SMILES string of the molecule is CCCNC1CC(c2ccc(Cl)c(Cl)c2)C1(C)CC. The first-order valence-corrected chi connectivity index (χ1v) is 7.96. The summed E-state index contributed by atoms with van der Waals surface area (Å²) in [6.45, 7) is 7.99. The third-order valence-corrected chi connectivity index (χ3v) is 5.55. The maximum absolute atomic E-state index is 6.15. The Kier molecular flexibility index (Phi) is 4.81. The molecule has 0 aliphatic heterocycles. The lowest BCUT2D eigenvalue weighted by Crippen LogP contribution is -2.56. The van der Waals surface area contributed by atoms with Gasteiger partial charge in [0.15, 0.2) is 0 Å². The van der Waals surface area contributed by atoms with E-state index in [2.05, 4.69) is 32.2 Å². The molecule has 0 aromatic heterocycles. The summed E-state index contributed by atoms with van der Waals surface area (Å²) in [6, 6.07) is 6.71. The predicted octanol–water partition coefficient (Wildman–Crippen LogP) is 5.27. The molecule has 2 rings (SSSR count). The molecule has 106 valence electrons. The van der Waals surface area contributed by atoms with Gasteiger partial charge in [-0.1, -0.05) is 50.0 Å². The van der Waals surface area contributed by atoms with Gasteiger partial charge in [0.25, 0.3) is 0 Å². The predicted molar refractivity (Wildman–Crippen MR) is 84.3 cm³/mol. The van der Waals surface area contributed by atoms with Crippen molar-refractivity contribution in [1.82, 2.24) is 5.32 Å². The summed E-state index contributed by atoms with van der Waals surface area (Å²) in [4.78, 5) is 0. The summed E-state index contributed by atoms with van der Waals surface area (Å²) in [5.41, 5.74) is 1.65. The fourth-order valence-electron chi connectivity index (χ4n) is 3.23. The van der Waals surface area contributed by atoms with Gasteiger partial charge in [-0.05, 0) is 54.8 Å². The van der Waals surface area contributed by atoms with Gasteiger partial charge in [-0.2, -0.15) is 0 Å². The number of rotatable bonds is 5. The second-order valence-corrected chi connectivity index (χ2v) is 6.64. The van der Waals surface area contributed by atoms with E-state index in [1.165, 1.54) is 24.8 Å². The number of hydrogen-bond donors (Lipinski definition) is 1. The van der Waals surface area contributed by atoms with Gasteiger partial charge in [0, 0.05) is 6.04 Å². The zero-order valence-corrected chi connectivity index (χ0v) is 13.5. The van der Waals surface area contributed by atoms with Crippen molar-refractivity contribution in [3.8, 4) is 0 Å². The van der Waals surface area contributed by atoms with Crippen LogP contribution < -0.4 is 5.32 Å². The van der Waals surface area contributed by atoms with E-state index in [9.17, 15) is 0 Å². The molecular weight excluding hydrogens is 277 g/mol. The second-order valence-electron chi connectivity index (χ2n) is 5.83. The molecule has 1 aliphatic carbocycles. The van der Waals surface area contributed by atoms with Gasteiger partial charge in [0.2, 0.25) is 0 Å². The molecule has 1 aromatic carbocycles. The summed E-state index contributed by atoms with van der Waals surface area (Å²) in [5, 5.41) is 4.99. The van der Waals surface area contributed by atoms with Crippen molar-refractivity contribution >= 4 is 23.2 Å². The van der Waals surface area contributed by atoms with Crippen LogP contribution in [0.25, 0.3) is 0 Å². The fourth-order valence-corrected chi connectivity index (χ4v) is 3.54. The summed E-state index contributed by atoms with van der Waals surface area (Å²) in [6.07, 6.45) is 3.56. The molecule has 0 amide bonds. The molecule has 1 nitrogen and oxygen atoms in total. The van der Waals surface area contributed by atoms with Gasteiger partial charge >= 0.3 is 0 Å². The molecule has 1 aromatic rings. The molecule has 0 saturated heterocycles. The average molecular weight is 300 g/mol. The Balaban J connectivity index is 2.15. The Labute approximate surface area is 126 Å². The number of nitrogens with one attached hydrogen (secondary N) is 1. The van der Waals surface area contributed by atoms with Gasteiger partial charge in [-0.25, -0.2) is 0 Å². The van der Waals surface area contributed by atoms with Crippen LogP contribution >= 0.6 is 23.2 Å². The van der Waals surface area contributed by atoms with E-state index in [-0.39, 0.29) is 0 Å². The first kappa shape index (κ1) is 15.2. The maximum atomic E-state index is 6.15. The van der Waals surface area contributed by atoms with Gasteiger partial charge in [0.05, 0.1) is 10.0 Å². The third kappa shape index (κ3) is 2.79. The minimum absolute atomic E-state index is 0.326. The second kappa shape index (κ2) is 6.03. The Morgan fingerprint density at radius 1 is 1.26 bits per heavy atom. The standard InChI is InChI=1S/C16H23Cl2N/c1-4-8-19-15-10-12(16(15,3)5-2)11-6-7-13(17)14(18)9-11/h6-7,9,12,15,19H,4-5,8,10H2,1-3H3. The third-order valence-electron chi connectivity index (χ3n) is 4.81. The molecule has 0 radical (unpaired) electrons. The Hall–Kier alpha value is -0.240. The highest BCUT2D eigenvalue weighted by Gasteiger charge is 2.50. The summed E-state index contributed by atoms with van der Waals surface area (Å²) >= 11 is 12.2. The van der Waals surface area contributed by atoms with Gasteiger partial charge in [-0.15, -0.1) is 0 Å².